The summed E-state index contributed by atoms with van der Waals surface area (Å²) < 4.78 is 1.32. The van der Waals surface area contributed by atoms with Crippen LogP contribution in [0.4, 0.5) is 4.79 Å². The summed E-state index contributed by atoms with van der Waals surface area (Å²) in [7, 11) is 1.53. The van der Waals surface area contributed by atoms with Crippen molar-refractivity contribution in [2.24, 2.45) is 5.10 Å². The quantitative estimate of drug-likeness (QED) is 0.547. The molecule has 0 aromatic heterocycles. The molecule has 0 bridgehead atoms. The number of imide groups is 1. The van der Waals surface area contributed by atoms with Gasteiger partial charge in [0.2, 0.25) is 12.3 Å². The van der Waals surface area contributed by atoms with E-state index in [1.807, 2.05) is 34.3 Å². The van der Waals surface area contributed by atoms with Crippen molar-refractivity contribution in [3.8, 4) is 0 Å². The molecule has 11 heteroatoms. The number of hydrogen-bond acceptors (Lipinski definition) is 7. The fourth-order valence-corrected chi connectivity index (χ4v) is 4.07. The minimum absolute atomic E-state index is 0.307. The molecule has 0 aliphatic carbocycles. The van der Waals surface area contributed by atoms with Gasteiger partial charge in [0.25, 0.3) is 5.84 Å². The van der Waals surface area contributed by atoms with Crippen LogP contribution in [0.25, 0.3) is 0 Å². The molecule has 1 saturated heterocycles. The molecule has 0 saturated carbocycles. The van der Waals surface area contributed by atoms with Gasteiger partial charge in [0.05, 0.1) is 25.3 Å². The fourth-order valence-electron chi connectivity index (χ4n) is 3.94. The highest BCUT2D eigenvalue weighted by atomic mass is 35.5. The zero-order valence-corrected chi connectivity index (χ0v) is 16.7. The lowest BCUT2D eigenvalue weighted by atomic mass is 10.1. The molecule has 1 aromatic carbocycles. The van der Waals surface area contributed by atoms with Crippen molar-refractivity contribution >= 4 is 41.1 Å². The molecule has 2 unspecified atom stereocenters. The Hall–Kier alpha value is -2.82. The van der Waals surface area contributed by atoms with Gasteiger partial charge in [-0.2, -0.15) is 14.8 Å². The first-order chi connectivity index (χ1) is 13.8. The highest BCUT2D eigenvalue weighted by Gasteiger charge is 2.61. The lowest BCUT2D eigenvalue weighted by Crippen LogP contribution is -2.96. The standard InChI is InChI=1S/C18H19ClN6O4/c1-3-25-17-20-15-14(16(28)24(9-13(26)27)18(29)22(15)2)23(17)8-12(21-25)10-4-6-11(19)7-5-10/h4-7,14,17H,3,8-9H2,1-2H3,(H,26,27)/p+1. The van der Waals surface area contributed by atoms with Crippen molar-refractivity contribution in [2.45, 2.75) is 19.3 Å². The molecule has 29 heavy (non-hydrogen) atoms. The molecular weight excluding hydrogens is 400 g/mol. The van der Waals surface area contributed by atoms with Gasteiger partial charge in [0, 0.05) is 11.6 Å². The number of halogens is 1. The normalized spacial score (nSPS) is 24.6. The number of nitrogens with zero attached hydrogens (tertiary/aromatic N) is 5. The lowest BCUT2D eigenvalue weighted by molar-refractivity contribution is -0.649. The van der Waals surface area contributed by atoms with Gasteiger partial charge in [-0.25, -0.2) is 20.0 Å². The number of carbonyl (C=O) groups is 3. The summed E-state index contributed by atoms with van der Waals surface area (Å²) in [6.45, 7) is 2.12. The summed E-state index contributed by atoms with van der Waals surface area (Å²) >= 11 is 5.98. The molecule has 3 aliphatic heterocycles. The monoisotopic (exact) mass is 419 g/mol. The van der Waals surface area contributed by atoms with Crippen molar-refractivity contribution in [3.63, 3.8) is 0 Å². The highest BCUT2D eigenvalue weighted by molar-refractivity contribution is 6.30. The molecule has 1 fully saturated rings. The van der Waals surface area contributed by atoms with Crippen molar-refractivity contribution < 1.29 is 29.4 Å². The molecule has 3 aliphatic rings. The Morgan fingerprint density at radius 1 is 1.34 bits per heavy atom. The molecule has 1 aromatic rings. The van der Waals surface area contributed by atoms with Gasteiger partial charge < -0.3 is 9.90 Å². The van der Waals surface area contributed by atoms with E-state index in [1.165, 1.54) is 11.6 Å². The van der Waals surface area contributed by atoms with Gasteiger partial charge in [-0.3, -0.25) is 0 Å². The third kappa shape index (κ3) is 3.18. The first-order valence-electron chi connectivity index (χ1n) is 9.18. The van der Waals surface area contributed by atoms with Crippen LogP contribution in [0.3, 0.4) is 0 Å². The van der Waals surface area contributed by atoms with Crippen LogP contribution in [0, 0.1) is 0 Å². The van der Waals surface area contributed by atoms with E-state index in [2.05, 4.69) is 0 Å². The van der Waals surface area contributed by atoms with Gasteiger partial charge in [0.1, 0.15) is 6.54 Å². The van der Waals surface area contributed by atoms with Crippen LogP contribution >= 0.6 is 11.6 Å². The summed E-state index contributed by atoms with van der Waals surface area (Å²) in [6, 6.07) is 5.82. The second-order valence-electron chi connectivity index (χ2n) is 7.03. The molecule has 4 rings (SSSR count). The Labute approximate surface area is 171 Å². The van der Waals surface area contributed by atoms with Gasteiger partial charge in [-0.15, -0.1) is 4.58 Å². The first kappa shape index (κ1) is 19.5. The molecule has 2 atom stereocenters. The van der Waals surface area contributed by atoms with Crippen LogP contribution in [-0.2, 0) is 9.59 Å². The largest absolute Gasteiger partial charge is 0.546 e. The molecular formula is C18H20ClN6O4+. The number of quaternary nitrogens is 1. The topological polar surface area (TPSA) is 116 Å². The van der Waals surface area contributed by atoms with Crippen LogP contribution in [0.15, 0.2) is 29.4 Å². The molecule has 152 valence electrons. The average Bonchev–Trinajstić information content (AvgIpc) is 3.09. The van der Waals surface area contributed by atoms with Crippen molar-refractivity contribution in [2.75, 3.05) is 26.7 Å². The number of amidine groups is 1. The SMILES string of the molecule is CCN1N=C(c2ccc(Cl)cc2)CN2C3C(=O)N(CC(=O)[O-])C(=O)[N+](C)=C3[NH2+]C12. The maximum absolute atomic E-state index is 13.1. The number of urea groups is 1. The molecule has 3 amide bonds. The first-order valence-corrected chi connectivity index (χ1v) is 9.56. The third-order valence-corrected chi connectivity index (χ3v) is 5.60. The number of carbonyl (C=O) groups excluding carboxylic acids is 3. The Morgan fingerprint density at radius 3 is 2.66 bits per heavy atom. The van der Waals surface area contributed by atoms with E-state index in [1.54, 1.807) is 12.1 Å². The van der Waals surface area contributed by atoms with E-state index in [0.29, 0.717) is 23.9 Å². The molecule has 10 nitrogen and oxygen atoms in total. The smallest absolute Gasteiger partial charge is 0.505 e. The molecule has 3 heterocycles. The third-order valence-electron chi connectivity index (χ3n) is 5.35. The second-order valence-corrected chi connectivity index (χ2v) is 7.46. The van der Waals surface area contributed by atoms with Gasteiger partial charge >= 0.3 is 11.9 Å². The van der Waals surface area contributed by atoms with Crippen molar-refractivity contribution in [3.05, 3.63) is 34.9 Å². The average molecular weight is 420 g/mol. The molecule has 0 spiro atoms. The van der Waals surface area contributed by atoms with Crippen LogP contribution in [0.1, 0.15) is 12.5 Å². The zero-order chi connectivity index (χ0) is 20.9. The van der Waals surface area contributed by atoms with E-state index in [9.17, 15) is 19.5 Å². The Morgan fingerprint density at radius 2 is 2.03 bits per heavy atom. The number of rotatable bonds is 4. The summed E-state index contributed by atoms with van der Waals surface area (Å²) in [5.74, 6) is -1.52. The minimum Gasteiger partial charge on any atom is -0.546 e. The lowest BCUT2D eigenvalue weighted by Gasteiger charge is -2.35. The predicted octanol–water partition coefficient (Wildman–Crippen LogP) is -2.34. The van der Waals surface area contributed by atoms with Crippen LogP contribution in [-0.4, -0.2) is 87.9 Å². The number of amides is 3. The van der Waals surface area contributed by atoms with Crippen molar-refractivity contribution in [1.82, 2.24) is 14.8 Å². The van der Waals surface area contributed by atoms with Crippen LogP contribution in [0.5, 0.6) is 0 Å². The Bertz CT molecular complexity index is 960. The summed E-state index contributed by atoms with van der Waals surface area (Å²) in [5, 5.41) is 20.1. The number of benzene rings is 1. The molecule has 2 N–H and O–H groups in total. The molecule has 0 radical (unpaired) electrons. The maximum atomic E-state index is 13.1. The number of hydrogen-bond donors (Lipinski definition) is 1. The number of carboxylic acid groups (broad SMARTS) is 1. The summed E-state index contributed by atoms with van der Waals surface area (Å²) in [4.78, 5) is 39.3. The summed E-state index contributed by atoms with van der Waals surface area (Å²) in [6.07, 6.45) is -0.307. The highest BCUT2D eigenvalue weighted by Crippen LogP contribution is 2.23. The number of hydrazone groups is 1. The maximum Gasteiger partial charge on any atom is 0.505 e. The number of fused-ring (bicyclic) bond motifs is 3. The number of nitrogens with two attached hydrogens (primary N) is 1. The Kier molecular flexibility index (Phi) is 4.85. The van der Waals surface area contributed by atoms with Crippen LogP contribution in [0.2, 0.25) is 5.02 Å². The van der Waals surface area contributed by atoms with E-state index >= 15 is 0 Å². The summed E-state index contributed by atoms with van der Waals surface area (Å²) in [5.41, 5.74) is 1.63. The van der Waals surface area contributed by atoms with E-state index in [4.69, 9.17) is 16.7 Å². The van der Waals surface area contributed by atoms with Gasteiger partial charge in [0.15, 0.2) is 0 Å². The fraction of sp³-hybridized carbons (Fsp3) is 0.389. The number of aliphatic carboxylic acids is 1. The number of carboxylic acids is 1. The predicted molar refractivity (Wildman–Crippen MR) is 99.9 cm³/mol. The van der Waals surface area contributed by atoms with Gasteiger partial charge in [-0.05, 0) is 24.6 Å². The second kappa shape index (κ2) is 7.21. The van der Waals surface area contributed by atoms with E-state index in [-0.39, 0.29) is 6.29 Å². The minimum atomic E-state index is -1.49. The van der Waals surface area contributed by atoms with E-state index < -0.39 is 30.5 Å². The van der Waals surface area contributed by atoms with Crippen LogP contribution < -0.4 is 10.4 Å². The van der Waals surface area contributed by atoms with Gasteiger partial charge in [-0.1, -0.05) is 23.7 Å². The zero-order valence-electron chi connectivity index (χ0n) is 15.9. The van der Waals surface area contributed by atoms with E-state index in [0.717, 1.165) is 16.2 Å². The Balaban J connectivity index is 1.72. The van der Waals surface area contributed by atoms with Crippen molar-refractivity contribution in [1.29, 1.82) is 0 Å².